The van der Waals surface area contributed by atoms with Crippen LogP contribution in [0.1, 0.15) is 104 Å². The molecule has 4 fully saturated rings. The molecule has 3 amide bonds. The Morgan fingerprint density at radius 1 is 1.07 bits per heavy atom. The van der Waals surface area contributed by atoms with Crippen molar-refractivity contribution in [3.05, 3.63) is 70.6 Å². The van der Waals surface area contributed by atoms with Crippen molar-refractivity contribution in [3.63, 3.8) is 0 Å². The van der Waals surface area contributed by atoms with Gasteiger partial charge in [0.15, 0.2) is 0 Å². The molecule has 8 atom stereocenters. The van der Waals surface area contributed by atoms with E-state index in [0.29, 0.717) is 42.3 Å². The maximum atomic E-state index is 15.3. The molecule has 4 aliphatic rings. The van der Waals surface area contributed by atoms with Crippen molar-refractivity contribution in [2.75, 3.05) is 20.1 Å². The zero-order valence-corrected chi connectivity index (χ0v) is 34.6. The average Bonchev–Trinajstić information content (AvgIpc) is 3.48. The van der Waals surface area contributed by atoms with E-state index in [1.807, 2.05) is 33.1 Å². The van der Waals surface area contributed by atoms with Gasteiger partial charge in [-0.05, 0) is 113 Å². The van der Waals surface area contributed by atoms with Crippen molar-refractivity contribution < 1.29 is 51.3 Å². The van der Waals surface area contributed by atoms with Gasteiger partial charge in [0.25, 0.3) is 5.91 Å². The van der Waals surface area contributed by atoms with Gasteiger partial charge >= 0.3 is 19.7 Å². The lowest BCUT2D eigenvalue weighted by Crippen LogP contribution is -2.59. The molecular weight excluding hydrogens is 814 g/mol. The van der Waals surface area contributed by atoms with Gasteiger partial charge in [0.1, 0.15) is 18.1 Å². The lowest BCUT2D eigenvalue weighted by Gasteiger charge is -2.41. The zero-order chi connectivity index (χ0) is 42.4. The highest BCUT2D eigenvalue weighted by atomic mass is 32.1. The summed E-state index contributed by atoms with van der Waals surface area (Å²) in [4.78, 5) is 70.4. The van der Waals surface area contributed by atoms with E-state index in [-0.39, 0.29) is 65.2 Å². The second-order valence-corrected chi connectivity index (χ2v) is 19.8. The van der Waals surface area contributed by atoms with E-state index in [0.717, 1.165) is 43.1 Å². The van der Waals surface area contributed by atoms with Crippen LogP contribution < -0.4 is 10.4 Å². The number of fused-ring (bicyclic) bond motifs is 2. The van der Waals surface area contributed by atoms with E-state index < -0.39 is 56.0 Å². The predicted molar refractivity (Wildman–Crippen MR) is 214 cm³/mol. The lowest BCUT2D eigenvalue weighted by atomic mass is 9.93. The second-order valence-electron chi connectivity index (χ2n) is 16.7. The molecule has 1 spiro atoms. The summed E-state index contributed by atoms with van der Waals surface area (Å²) in [6, 6.07) is 11.8. The Bertz CT molecular complexity index is 2120. The fourth-order valence-corrected chi connectivity index (χ4v) is 11.6. The molecule has 3 aromatic rings. The maximum absolute atomic E-state index is 15.3. The normalized spacial score (nSPS) is 26.3. The first kappa shape index (κ1) is 43.2. The number of halogens is 4. The smallest absolute Gasteiger partial charge is 0.389 e. The quantitative estimate of drug-likeness (QED) is 0.105. The third-order valence-corrected chi connectivity index (χ3v) is 15.4. The van der Waals surface area contributed by atoms with Crippen molar-refractivity contribution in [1.82, 2.24) is 25.1 Å². The number of nitrogens with one attached hydrogen (secondary N) is 2. The number of alkyl halides is 4. The lowest BCUT2D eigenvalue weighted by molar-refractivity contribution is -0.148. The number of carbonyl (C=O) groups excluding carboxylic acids is 3. The van der Waals surface area contributed by atoms with Gasteiger partial charge in [-0.2, -0.15) is 13.2 Å². The maximum Gasteiger partial charge on any atom is 0.389 e. The predicted octanol–water partition coefficient (Wildman–Crippen LogP) is 6.95. The number of hydrogen-bond acceptors (Lipinski definition) is 7. The topological polar surface area (TPSA) is 160 Å². The van der Waals surface area contributed by atoms with Crippen LogP contribution in [0.3, 0.4) is 0 Å². The van der Waals surface area contributed by atoms with Crippen molar-refractivity contribution in [1.29, 1.82) is 0 Å². The number of carboxylic acid groups (broad SMARTS) is 1. The van der Waals surface area contributed by atoms with Crippen LogP contribution in [0.2, 0.25) is 0 Å². The van der Waals surface area contributed by atoms with E-state index in [1.54, 1.807) is 11.9 Å². The van der Waals surface area contributed by atoms with Crippen LogP contribution in [0, 0.1) is 0 Å². The molecule has 0 bridgehead atoms. The third-order valence-electron chi connectivity index (χ3n) is 12.6. The van der Waals surface area contributed by atoms with Crippen molar-refractivity contribution in [2.24, 2.45) is 0 Å². The first-order valence-corrected chi connectivity index (χ1v) is 22.7. The summed E-state index contributed by atoms with van der Waals surface area (Å²) in [6.45, 7) is 1.84. The van der Waals surface area contributed by atoms with Crippen molar-refractivity contribution in [2.45, 2.75) is 125 Å². The van der Waals surface area contributed by atoms with Gasteiger partial charge in [-0.3, -0.25) is 23.7 Å². The van der Waals surface area contributed by atoms with Gasteiger partial charge < -0.3 is 30.0 Å². The number of hydrogen-bond donors (Lipinski definition) is 4. The molecule has 3 aliphatic heterocycles. The summed E-state index contributed by atoms with van der Waals surface area (Å²) >= 11 is 1.06. The molecule has 320 valence electrons. The standard InChI is InChI=1S/C41H50F4N5O7PS/c1-24(39(54)55)47-58(56,57)35(42)26-9-14-33-27(19-26)20-34(59-33)36(51)46-31-12-10-29(48(2)18-6-15-41(43,44)45)21-30-11-13-32(50(30)37(31)52)38(53)49-23-28(22-40(49)16-17-40)25-7-4-3-5-8-25/h3-5,7-9,14,19-20,24,28-32,35H,6,10-13,15-18,21-23H2,1-2H3,(H,46,51)(H,54,55)(H2,47,56,57)/t24-,28+,29-,30+,31-,32-,35+/m0/s1. The number of thiophene rings is 1. The largest absolute Gasteiger partial charge is 0.480 e. The molecule has 2 aromatic carbocycles. The molecule has 1 aliphatic carbocycles. The van der Waals surface area contributed by atoms with Crippen molar-refractivity contribution >= 4 is 52.6 Å². The van der Waals surface area contributed by atoms with Crippen molar-refractivity contribution in [3.8, 4) is 0 Å². The van der Waals surface area contributed by atoms with Crippen LogP contribution in [0.4, 0.5) is 17.6 Å². The summed E-state index contributed by atoms with van der Waals surface area (Å²) in [5.41, 5.74) is 0.717. The minimum atomic E-state index is -4.82. The Morgan fingerprint density at radius 3 is 2.47 bits per heavy atom. The molecule has 18 heteroatoms. The highest BCUT2D eigenvalue weighted by Crippen LogP contribution is 2.55. The van der Waals surface area contributed by atoms with E-state index in [4.69, 9.17) is 5.11 Å². The highest BCUT2D eigenvalue weighted by Gasteiger charge is 2.58. The Balaban J connectivity index is 1.12. The minimum Gasteiger partial charge on any atom is -0.480 e. The summed E-state index contributed by atoms with van der Waals surface area (Å²) in [5, 5.41) is 14.3. The Hall–Kier alpha value is -3.89. The summed E-state index contributed by atoms with van der Waals surface area (Å²) in [7, 11) is -3.04. The zero-order valence-electron chi connectivity index (χ0n) is 32.9. The Kier molecular flexibility index (Phi) is 12.4. The van der Waals surface area contributed by atoms with E-state index in [9.17, 15) is 41.8 Å². The minimum absolute atomic E-state index is 0.0880. The number of aliphatic carboxylic acids is 1. The number of benzene rings is 2. The molecule has 59 heavy (non-hydrogen) atoms. The monoisotopic (exact) mass is 863 g/mol. The number of carbonyl (C=O) groups is 4. The number of nitrogens with zero attached hydrogens (tertiary/aromatic N) is 3. The van der Waals surface area contributed by atoms with Crippen LogP contribution in [0.5, 0.6) is 0 Å². The molecule has 7 rings (SSSR count). The number of likely N-dealkylation sites (tertiary alicyclic amines) is 1. The molecule has 1 aromatic heterocycles. The highest BCUT2D eigenvalue weighted by molar-refractivity contribution is 7.56. The molecule has 1 unspecified atom stereocenters. The second kappa shape index (κ2) is 16.9. The van der Waals surface area contributed by atoms with Crippen LogP contribution in [0.15, 0.2) is 54.6 Å². The summed E-state index contributed by atoms with van der Waals surface area (Å²) < 4.78 is 67.8. The molecule has 3 saturated heterocycles. The molecule has 4 heterocycles. The van der Waals surface area contributed by atoms with Crippen LogP contribution in [-0.2, 0) is 18.9 Å². The molecule has 12 nitrogen and oxygen atoms in total. The summed E-state index contributed by atoms with van der Waals surface area (Å²) in [5.74, 6) is -4.80. The Labute approximate surface area is 343 Å². The third kappa shape index (κ3) is 9.39. The number of rotatable bonds is 13. The van der Waals surface area contributed by atoms with Crippen LogP contribution in [-0.4, -0.2) is 110 Å². The van der Waals surface area contributed by atoms with Gasteiger partial charge in [0, 0.05) is 41.2 Å². The van der Waals surface area contributed by atoms with Gasteiger partial charge in [-0.15, -0.1) is 11.3 Å². The number of carboxylic acids is 1. The van der Waals surface area contributed by atoms with Gasteiger partial charge in [-0.1, -0.05) is 36.4 Å². The van der Waals surface area contributed by atoms with Crippen LogP contribution >= 0.6 is 18.9 Å². The van der Waals surface area contributed by atoms with Gasteiger partial charge in [0.2, 0.25) is 17.7 Å². The first-order valence-electron chi connectivity index (χ1n) is 20.1. The first-order chi connectivity index (χ1) is 27.9. The molecular formula is C41H50F4N5O7PS. The van der Waals surface area contributed by atoms with Crippen LogP contribution in [0.25, 0.3) is 10.1 Å². The van der Waals surface area contributed by atoms with E-state index in [2.05, 4.69) is 17.4 Å². The SMILES string of the molecule is C[C@H](NP(=O)(O)[C@@H](F)c1ccc2sc(C(=O)N[C@H]3CC[C@H](N(C)CCCC(F)(F)F)C[C@H]4CC[C@@H](C(=O)N5C[C@H](c6ccccc6)CC56CC6)N4C3=O)cc2c1)C(=O)O. The fourth-order valence-electron chi connectivity index (χ4n) is 9.30. The molecule has 4 N–H and O–H groups in total. The molecule has 0 radical (unpaired) electrons. The average molecular weight is 864 g/mol. The van der Waals surface area contributed by atoms with E-state index >= 15 is 4.39 Å². The van der Waals surface area contributed by atoms with E-state index in [1.165, 1.54) is 24.3 Å². The Morgan fingerprint density at radius 2 is 1.80 bits per heavy atom. The van der Waals surface area contributed by atoms with Gasteiger partial charge in [-0.25, -0.2) is 9.48 Å². The summed E-state index contributed by atoms with van der Waals surface area (Å²) in [6.07, 6.45) is -0.619. The fraction of sp³-hybridized carbons (Fsp3) is 0.561. The number of amides is 3. The molecule has 1 saturated carbocycles. The van der Waals surface area contributed by atoms with Gasteiger partial charge in [0.05, 0.1) is 4.88 Å².